The van der Waals surface area contributed by atoms with Crippen LogP contribution in [0.5, 0.6) is 5.75 Å². The van der Waals surface area contributed by atoms with E-state index in [2.05, 4.69) is 16.4 Å². The van der Waals surface area contributed by atoms with Crippen molar-refractivity contribution in [3.63, 3.8) is 0 Å². The van der Waals surface area contributed by atoms with Crippen molar-refractivity contribution in [3.05, 3.63) is 52.6 Å². The van der Waals surface area contributed by atoms with E-state index in [-0.39, 0.29) is 12.5 Å². The first-order valence-corrected chi connectivity index (χ1v) is 9.12. The number of hydrogen-bond donors (Lipinski definition) is 1. The quantitative estimate of drug-likeness (QED) is 0.745. The van der Waals surface area contributed by atoms with Gasteiger partial charge in [-0.15, -0.1) is 11.3 Å². The van der Waals surface area contributed by atoms with E-state index in [1.807, 2.05) is 36.6 Å². The third kappa shape index (κ3) is 3.58. The minimum Gasteiger partial charge on any atom is -0.484 e. The van der Waals surface area contributed by atoms with Gasteiger partial charge in [0.1, 0.15) is 17.2 Å². The summed E-state index contributed by atoms with van der Waals surface area (Å²) in [5.74, 6) is 2.04. The van der Waals surface area contributed by atoms with Gasteiger partial charge in [-0.05, 0) is 61.6 Å². The summed E-state index contributed by atoms with van der Waals surface area (Å²) < 4.78 is 11.1. The molecule has 3 aromatic rings. The smallest absolute Gasteiger partial charge is 0.264 e. The number of hydrogen-bond acceptors (Lipinski definition) is 5. The van der Waals surface area contributed by atoms with Gasteiger partial charge in [-0.1, -0.05) is 6.07 Å². The maximum absolute atomic E-state index is 12.1. The van der Waals surface area contributed by atoms with Crippen LogP contribution in [0.4, 0.5) is 5.13 Å². The number of nitrogens with zero attached hydrogens (tertiary/aromatic N) is 1. The number of nitrogens with one attached hydrogen (secondary N) is 1. The zero-order valence-electron chi connectivity index (χ0n) is 13.9. The van der Waals surface area contributed by atoms with Crippen LogP contribution in [0.3, 0.4) is 0 Å². The number of thiazole rings is 1. The van der Waals surface area contributed by atoms with Crippen LogP contribution in [0.2, 0.25) is 0 Å². The Kier molecular flexibility index (Phi) is 4.28. The first kappa shape index (κ1) is 15.9. The molecule has 1 aliphatic rings. The third-order valence-corrected chi connectivity index (χ3v) is 4.94. The van der Waals surface area contributed by atoms with Crippen LogP contribution in [0.15, 0.2) is 40.1 Å². The molecule has 1 N–H and O–H groups in total. The van der Waals surface area contributed by atoms with Crippen molar-refractivity contribution >= 4 is 22.4 Å². The van der Waals surface area contributed by atoms with Crippen molar-refractivity contribution in [2.24, 2.45) is 0 Å². The minimum atomic E-state index is -0.225. The molecule has 128 valence electrons. The zero-order chi connectivity index (χ0) is 17.2. The van der Waals surface area contributed by atoms with Gasteiger partial charge in [0, 0.05) is 5.38 Å². The lowest BCUT2D eigenvalue weighted by Gasteiger charge is -2.07. The molecule has 0 fully saturated rings. The summed E-state index contributed by atoms with van der Waals surface area (Å²) in [4.78, 5) is 16.4. The van der Waals surface area contributed by atoms with Crippen molar-refractivity contribution in [2.45, 2.75) is 26.2 Å². The van der Waals surface area contributed by atoms with Crippen LogP contribution in [-0.2, 0) is 17.6 Å². The molecule has 1 amide bonds. The lowest BCUT2D eigenvalue weighted by Crippen LogP contribution is -2.20. The third-order valence-electron chi connectivity index (χ3n) is 4.18. The van der Waals surface area contributed by atoms with Crippen molar-refractivity contribution < 1.29 is 13.9 Å². The summed E-state index contributed by atoms with van der Waals surface area (Å²) in [6.07, 6.45) is 3.42. The molecule has 0 radical (unpaired) electrons. The monoisotopic (exact) mass is 354 g/mol. The highest BCUT2D eigenvalue weighted by atomic mass is 32.1. The Morgan fingerprint density at radius 3 is 3.00 bits per heavy atom. The zero-order valence-corrected chi connectivity index (χ0v) is 14.7. The number of ether oxygens (including phenoxy) is 1. The van der Waals surface area contributed by atoms with Crippen molar-refractivity contribution in [3.8, 4) is 17.2 Å². The molecule has 6 heteroatoms. The van der Waals surface area contributed by atoms with Crippen LogP contribution < -0.4 is 10.1 Å². The number of aryl methyl sites for hydroxylation is 3. The Hall–Kier alpha value is -2.60. The summed E-state index contributed by atoms with van der Waals surface area (Å²) in [7, 11) is 0. The van der Waals surface area contributed by atoms with E-state index in [4.69, 9.17) is 9.15 Å². The van der Waals surface area contributed by atoms with Crippen LogP contribution in [-0.4, -0.2) is 17.5 Å². The van der Waals surface area contributed by atoms with Crippen LogP contribution in [0.25, 0.3) is 11.5 Å². The lowest BCUT2D eigenvalue weighted by atomic mass is 10.1. The number of aromatic nitrogens is 1. The number of furan rings is 1. The van der Waals surface area contributed by atoms with Gasteiger partial charge < -0.3 is 9.15 Å². The molecule has 2 heterocycles. The van der Waals surface area contributed by atoms with Gasteiger partial charge in [-0.2, -0.15) is 0 Å². The molecule has 0 saturated heterocycles. The van der Waals surface area contributed by atoms with Crippen molar-refractivity contribution in [2.75, 3.05) is 11.9 Å². The van der Waals surface area contributed by atoms with E-state index < -0.39 is 0 Å². The normalized spacial score (nSPS) is 12.8. The lowest BCUT2D eigenvalue weighted by molar-refractivity contribution is -0.118. The Bertz CT molecular complexity index is 913. The van der Waals surface area contributed by atoms with Crippen molar-refractivity contribution in [1.29, 1.82) is 0 Å². The van der Waals surface area contributed by atoms with E-state index in [9.17, 15) is 4.79 Å². The first-order valence-electron chi connectivity index (χ1n) is 8.24. The molecule has 25 heavy (non-hydrogen) atoms. The maximum Gasteiger partial charge on any atom is 0.264 e. The number of amides is 1. The van der Waals surface area contributed by atoms with Gasteiger partial charge in [0.2, 0.25) is 0 Å². The Morgan fingerprint density at radius 1 is 1.28 bits per heavy atom. The fourth-order valence-corrected chi connectivity index (χ4v) is 3.67. The second-order valence-electron chi connectivity index (χ2n) is 6.07. The number of carbonyl (C=O) groups excluding carboxylic acids is 1. The molecule has 0 bridgehead atoms. The summed E-state index contributed by atoms with van der Waals surface area (Å²) in [6, 6.07) is 9.81. The molecular weight excluding hydrogens is 336 g/mol. The SMILES string of the molecule is Cc1ccc(-c2csc(NC(=O)COc3ccc4c(c3)CCC4)n2)o1. The van der Waals surface area contributed by atoms with Gasteiger partial charge >= 0.3 is 0 Å². The molecule has 0 saturated carbocycles. The van der Waals surface area contributed by atoms with Crippen LogP contribution >= 0.6 is 11.3 Å². The average molecular weight is 354 g/mol. The van der Waals surface area contributed by atoms with E-state index in [0.717, 1.165) is 24.4 Å². The number of anilines is 1. The van der Waals surface area contributed by atoms with E-state index in [1.165, 1.54) is 28.9 Å². The minimum absolute atomic E-state index is 0.0342. The highest BCUT2D eigenvalue weighted by molar-refractivity contribution is 7.14. The molecule has 0 spiro atoms. The predicted octanol–water partition coefficient (Wildman–Crippen LogP) is 4.22. The van der Waals surface area contributed by atoms with Gasteiger partial charge in [0.15, 0.2) is 17.5 Å². The molecule has 0 unspecified atom stereocenters. The maximum atomic E-state index is 12.1. The molecule has 4 rings (SSSR count). The largest absolute Gasteiger partial charge is 0.484 e. The summed E-state index contributed by atoms with van der Waals surface area (Å²) in [5, 5.41) is 5.15. The molecule has 0 aliphatic heterocycles. The molecular formula is C19H18N2O3S. The average Bonchev–Trinajstić information content (AvgIpc) is 3.32. The number of rotatable bonds is 5. The van der Waals surface area contributed by atoms with Gasteiger partial charge in [-0.25, -0.2) is 4.98 Å². The summed E-state index contributed by atoms with van der Waals surface area (Å²) in [6.45, 7) is 1.85. The van der Waals surface area contributed by atoms with Gasteiger partial charge in [0.25, 0.3) is 5.91 Å². The first-order chi connectivity index (χ1) is 12.2. The molecule has 0 atom stereocenters. The van der Waals surface area contributed by atoms with Gasteiger partial charge in [0.05, 0.1) is 0 Å². The Morgan fingerprint density at radius 2 is 2.16 bits per heavy atom. The molecule has 1 aromatic carbocycles. The fraction of sp³-hybridized carbons (Fsp3) is 0.263. The Labute approximate surface area is 149 Å². The summed E-state index contributed by atoms with van der Waals surface area (Å²) in [5.41, 5.74) is 3.43. The fourth-order valence-electron chi connectivity index (χ4n) is 2.96. The molecule has 2 aromatic heterocycles. The van der Waals surface area contributed by atoms with Gasteiger partial charge in [-0.3, -0.25) is 10.1 Å². The molecule has 1 aliphatic carbocycles. The number of carbonyl (C=O) groups is 1. The van der Waals surface area contributed by atoms with Crippen LogP contribution in [0, 0.1) is 6.92 Å². The predicted molar refractivity (Wildman–Crippen MR) is 97.1 cm³/mol. The standard InChI is InChI=1S/C19H18N2O3S/c1-12-5-8-17(24-12)16-11-25-19(20-16)21-18(22)10-23-15-7-6-13-3-2-4-14(13)9-15/h5-9,11H,2-4,10H2,1H3,(H,20,21,22). The van der Waals surface area contributed by atoms with E-state index in [0.29, 0.717) is 16.6 Å². The van der Waals surface area contributed by atoms with Crippen LogP contribution in [0.1, 0.15) is 23.3 Å². The topological polar surface area (TPSA) is 64.4 Å². The second kappa shape index (κ2) is 6.72. The highest BCUT2D eigenvalue weighted by Crippen LogP contribution is 2.27. The number of fused-ring (bicyclic) bond motifs is 1. The second-order valence-corrected chi connectivity index (χ2v) is 6.93. The summed E-state index contributed by atoms with van der Waals surface area (Å²) >= 11 is 1.36. The van der Waals surface area contributed by atoms with E-state index >= 15 is 0 Å². The number of benzene rings is 1. The molecule has 5 nitrogen and oxygen atoms in total. The van der Waals surface area contributed by atoms with Crippen molar-refractivity contribution in [1.82, 2.24) is 4.98 Å². The highest BCUT2D eigenvalue weighted by Gasteiger charge is 2.13. The van der Waals surface area contributed by atoms with E-state index in [1.54, 1.807) is 0 Å². The Balaban J connectivity index is 1.34.